The second-order valence-corrected chi connectivity index (χ2v) is 7.57. The van der Waals surface area contributed by atoms with E-state index >= 15 is 0 Å². The topological polar surface area (TPSA) is 54.3 Å². The Bertz CT molecular complexity index is 828. The van der Waals surface area contributed by atoms with Crippen LogP contribution in [0.1, 0.15) is 53.3 Å². The van der Waals surface area contributed by atoms with E-state index in [0.29, 0.717) is 24.2 Å². The molecule has 0 aliphatic carbocycles. The minimum Gasteiger partial charge on any atom is -0.331 e. The first kappa shape index (κ1) is 18.1. The zero-order valence-corrected chi connectivity index (χ0v) is 15.8. The molecule has 6 nitrogen and oxygen atoms in total. The van der Waals surface area contributed by atoms with Crippen LogP contribution in [-0.2, 0) is 19.6 Å². The van der Waals surface area contributed by atoms with Crippen LogP contribution in [0.3, 0.4) is 0 Å². The van der Waals surface area contributed by atoms with E-state index < -0.39 is 0 Å². The van der Waals surface area contributed by atoms with Crippen LogP contribution < -0.4 is 0 Å². The number of hydrogen-bond donors (Lipinski definition) is 0. The van der Waals surface area contributed by atoms with Crippen LogP contribution >= 0.6 is 0 Å². The van der Waals surface area contributed by atoms with Crippen molar-refractivity contribution in [3.8, 4) is 0 Å². The molecule has 0 saturated carbocycles. The number of likely N-dealkylation sites (tertiary alicyclic amines) is 1. The molecule has 1 aromatic carbocycles. The monoisotopic (exact) mass is 371 g/mol. The lowest BCUT2D eigenvalue weighted by molar-refractivity contribution is 0.0743. The van der Waals surface area contributed by atoms with Crippen molar-refractivity contribution in [1.82, 2.24) is 24.6 Å². The molecule has 2 aliphatic heterocycles. The van der Waals surface area contributed by atoms with E-state index in [-0.39, 0.29) is 11.7 Å². The fraction of sp³-hybridized carbons (Fsp3) is 0.550. The molecule has 0 radical (unpaired) electrons. The molecule has 0 bridgehead atoms. The zero-order chi connectivity index (χ0) is 18.8. The zero-order valence-electron chi connectivity index (χ0n) is 15.8. The van der Waals surface area contributed by atoms with Gasteiger partial charge < -0.3 is 9.47 Å². The summed E-state index contributed by atoms with van der Waals surface area (Å²) in [5, 5.41) is 8.76. The highest BCUT2D eigenvalue weighted by molar-refractivity contribution is 5.94. The first-order chi connectivity index (χ1) is 13.1. The second-order valence-electron chi connectivity index (χ2n) is 7.57. The predicted molar refractivity (Wildman–Crippen MR) is 99.6 cm³/mol. The standard InChI is InChI=1S/C20H26FN5O/c1-15-6-7-16(12-17(15)21)20(27)25-10-5-11-26-18(22-23-19(26)14-25)13-24-8-3-2-4-9-24/h6-7,12H,2-5,8-11,13-14H2,1H3. The van der Waals surface area contributed by atoms with Gasteiger partial charge in [-0.15, -0.1) is 10.2 Å². The SMILES string of the molecule is Cc1ccc(C(=O)N2CCCn3c(CN4CCCCC4)nnc3C2)cc1F. The molecule has 1 fully saturated rings. The Labute approximate surface area is 159 Å². The first-order valence-electron chi connectivity index (χ1n) is 9.80. The quantitative estimate of drug-likeness (QED) is 0.833. The normalized spacial score (nSPS) is 18.2. The van der Waals surface area contributed by atoms with E-state index in [1.54, 1.807) is 24.0 Å². The Kier molecular flexibility index (Phi) is 5.20. The van der Waals surface area contributed by atoms with E-state index in [1.807, 2.05) is 0 Å². The highest BCUT2D eigenvalue weighted by Gasteiger charge is 2.25. The van der Waals surface area contributed by atoms with Gasteiger partial charge in [0.2, 0.25) is 0 Å². The number of rotatable bonds is 3. The number of aromatic nitrogens is 3. The maximum atomic E-state index is 13.9. The Morgan fingerprint density at radius 2 is 1.89 bits per heavy atom. The van der Waals surface area contributed by atoms with Crippen molar-refractivity contribution in [2.24, 2.45) is 0 Å². The molecule has 0 unspecified atom stereocenters. The van der Waals surface area contributed by atoms with Gasteiger partial charge in [-0.05, 0) is 57.0 Å². The van der Waals surface area contributed by atoms with Crippen LogP contribution in [-0.4, -0.2) is 50.1 Å². The Morgan fingerprint density at radius 1 is 1.07 bits per heavy atom. The van der Waals surface area contributed by atoms with Crippen molar-refractivity contribution in [1.29, 1.82) is 0 Å². The summed E-state index contributed by atoms with van der Waals surface area (Å²) in [6, 6.07) is 4.67. The highest BCUT2D eigenvalue weighted by atomic mass is 19.1. The van der Waals surface area contributed by atoms with E-state index in [1.165, 1.54) is 25.3 Å². The van der Waals surface area contributed by atoms with Gasteiger partial charge in [-0.25, -0.2) is 4.39 Å². The molecule has 27 heavy (non-hydrogen) atoms. The van der Waals surface area contributed by atoms with Crippen molar-refractivity contribution in [2.45, 2.75) is 52.2 Å². The molecule has 1 aromatic heterocycles. The number of carbonyl (C=O) groups excluding carboxylic acids is 1. The smallest absolute Gasteiger partial charge is 0.254 e. The van der Waals surface area contributed by atoms with Crippen LogP contribution in [0.5, 0.6) is 0 Å². The Hall–Kier alpha value is -2.28. The Morgan fingerprint density at radius 3 is 2.67 bits per heavy atom. The fourth-order valence-electron chi connectivity index (χ4n) is 3.93. The molecule has 144 valence electrons. The van der Waals surface area contributed by atoms with Crippen LogP contribution in [0, 0.1) is 12.7 Å². The minimum atomic E-state index is -0.345. The first-order valence-corrected chi connectivity index (χ1v) is 9.80. The van der Waals surface area contributed by atoms with Gasteiger partial charge in [-0.2, -0.15) is 0 Å². The van der Waals surface area contributed by atoms with Gasteiger partial charge in [0, 0.05) is 18.7 Å². The van der Waals surface area contributed by atoms with Gasteiger partial charge in [0.05, 0.1) is 13.1 Å². The number of nitrogens with zero attached hydrogens (tertiary/aromatic N) is 5. The lowest BCUT2D eigenvalue weighted by atomic mass is 10.1. The predicted octanol–water partition coefficient (Wildman–Crippen LogP) is 2.76. The molecule has 7 heteroatoms. The van der Waals surface area contributed by atoms with Gasteiger partial charge >= 0.3 is 0 Å². The van der Waals surface area contributed by atoms with Crippen LogP contribution in [0.4, 0.5) is 4.39 Å². The number of halogens is 1. The van der Waals surface area contributed by atoms with Gasteiger partial charge in [-0.3, -0.25) is 9.69 Å². The van der Waals surface area contributed by atoms with Gasteiger partial charge in [-0.1, -0.05) is 12.5 Å². The molecule has 0 N–H and O–H groups in total. The molecule has 2 aliphatic rings. The number of carbonyl (C=O) groups is 1. The molecule has 4 rings (SSSR count). The van der Waals surface area contributed by atoms with Crippen LogP contribution in [0.15, 0.2) is 18.2 Å². The summed E-state index contributed by atoms with van der Waals surface area (Å²) < 4.78 is 16.0. The molecule has 0 spiro atoms. The molecule has 0 atom stereocenters. The molecular weight excluding hydrogens is 345 g/mol. The molecule has 1 saturated heterocycles. The molecule has 2 aromatic rings. The van der Waals surface area contributed by atoms with Crippen LogP contribution in [0.25, 0.3) is 0 Å². The van der Waals surface area contributed by atoms with Crippen molar-refractivity contribution in [3.63, 3.8) is 0 Å². The summed E-state index contributed by atoms with van der Waals surface area (Å²) in [6.07, 6.45) is 4.65. The summed E-state index contributed by atoms with van der Waals surface area (Å²) in [6.45, 7) is 6.63. The summed E-state index contributed by atoms with van der Waals surface area (Å²) in [4.78, 5) is 17.0. The third-order valence-electron chi connectivity index (χ3n) is 5.57. The summed E-state index contributed by atoms with van der Waals surface area (Å²) in [5.74, 6) is 1.31. The number of piperidine rings is 1. The van der Waals surface area contributed by atoms with E-state index in [9.17, 15) is 9.18 Å². The third kappa shape index (κ3) is 3.88. The second kappa shape index (κ2) is 7.76. The number of benzene rings is 1. The van der Waals surface area contributed by atoms with E-state index in [4.69, 9.17) is 0 Å². The van der Waals surface area contributed by atoms with Crippen molar-refractivity contribution in [2.75, 3.05) is 19.6 Å². The third-order valence-corrected chi connectivity index (χ3v) is 5.57. The van der Waals surface area contributed by atoms with Gasteiger partial charge in [0.15, 0.2) is 5.82 Å². The maximum Gasteiger partial charge on any atom is 0.254 e. The van der Waals surface area contributed by atoms with Crippen LogP contribution in [0.2, 0.25) is 0 Å². The van der Waals surface area contributed by atoms with E-state index in [0.717, 1.165) is 44.2 Å². The lowest BCUT2D eigenvalue weighted by Crippen LogP contribution is -2.31. The van der Waals surface area contributed by atoms with E-state index in [2.05, 4.69) is 19.7 Å². The summed E-state index contributed by atoms with van der Waals surface area (Å²) in [5.41, 5.74) is 0.934. The average molecular weight is 371 g/mol. The van der Waals surface area contributed by atoms with Gasteiger partial charge in [0.1, 0.15) is 11.6 Å². The summed E-state index contributed by atoms with van der Waals surface area (Å²) in [7, 11) is 0. The lowest BCUT2D eigenvalue weighted by Gasteiger charge is -2.25. The summed E-state index contributed by atoms with van der Waals surface area (Å²) >= 11 is 0. The van der Waals surface area contributed by atoms with Crippen molar-refractivity contribution < 1.29 is 9.18 Å². The van der Waals surface area contributed by atoms with Crippen molar-refractivity contribution in [3.05, 3.63) is 46.8 Å². The number of hydrogen-bond acceptors (Lipinski definition) is 4. The highest BCUT2D eigenvalue weighted by Crippen LogP contribution is 2.19. The Balaban J connectivity index is 1.49. The number of fused-ring (bicyclic) bond motifs is 1. The molecular formula is C20H26FN5O. The maximum absolute atomic E-state index is 13.9. The minimum absolute atomic E-state index is 0.150. The number of aryl methyl sites for hydroxylation is 1. The number of amides is 1. The largest absolute Gasteiger partial charge is 0.331 e. The van der Waals surface area contributed by atoms with Gasteiger partial charge in [0.25, 0.3) is 5.91 Å². The molecule has 1 amide bonds. The fourth-order valence-corrected chi connectivity index (χ4v) is 3.93. The molecule has 3 heterocycles. The van der Waals surface area contributed by atoms with Crippen molar-refractivity contribution >= 4 is 5.91 Å². The average Bonchev–Trinajstić information content (AvgIpc) is 2.92.